The zero-order valence-corrected chi connectivity index (χ0v) is 14.1. The molecule has 0 unspecified atom stereocenters. The Bertz CT molecular complexity index is 702. The van der Waals surface area contributed by atoms with Gasteiger partial charge in [-0.25, -0.2) is 0 Å². The Hall–Kier alpha value is -1.75. The number of oxime groups is 1. The maximum atomic E-state index is 11.6. The topological polar surface area (TPSA) is 47.9 Å². The predicted octanol–water partition coefficient (Wildman–Crippen LogP) is 5.14. The van der Waals surface area contributed by atoms with Crippen molar-refractivity contribution in [3.63, 3.8) is 0 Å². The van der Waals surface area contributed by atoms with Crippen molar-refractivity contribution in [3.8, 4) is 5.75 Å². The first kappa shape index (κ1) is 17.6. The van der Waals surface area contributed by atoms with Crippen LogP contribution in [0.15, 0.2) is 47.6 Å². The summed E-state index contributed by atoms with van der Waals surface area (Å²) in [6, 6.07) is 11.6. The number of esters is 1. The first-order valence-corrected chi connectivity index (χ1v) is 7.72. The Kier molecular flexibility index (Phi) is 6.71. The highest BCUT2D eigenvalue weighted by molar-refractivity contribution is 6.35. The molecule has 0 aliphatic carbocycles. The molecule has 0 heterocycles. The number of ether oxygens (including phenoxy) is 1. The van der Waals surface area contributed by atoms with Crippen LogP contribution in [0.25, 0.3) is 0 Å². The molecule has 7 heteroatoms. The zero-order chi connectivity index (χ0) is 16.7. The monoisotopic (exact) mass is 371 g/mol. The number of rotatable bonds is 6. The van der Waals surface area contributed by atoms with E-state index in [0.717, 1.165) is 5.56 Å². The SMILES string of the molecule is O=C(CC=NOCc1ccc(Cl)cc1Cl)Oc1ccc(Cl)cc1. The van der Waals surface area contributed by atoms with Crippen LogP contribution >= 0.6 is 34.8 Å². The zero-order valence-electron chi connectivity index (χ0n) is 11.8. The summed E-state index contributed by atoms with van der Waals surface area (Å²) in [7, 11) is 0. The molecule has 4 nitrogen and oxygen atoms in total. The smallest absolute Gasteiger partial charge is 0.316 e. The van der Waals surface area contributed by atoms with Crippen LogP contribution in [0, 0.1) is 0 Å². The second-order valence-corrected chi connectivity index (χ2v) is 5.71. The molecule has 2 aromatic carbocycles. The molecule has 0 bridgehead atoms. The number of carbonyl (C=O) groups excluding carboxylic acids is 1. The van der Waals surface area contributed by atoms with E-state index in [0.29, 0.717) is 20.8 Å². The average Bonchev–Trinajstić information content (AvgIpc) is 2.51. The lowest BCUT2D eigenvalue weighted by Crippen LogP contribution is -2.08. The van der Waals surface area contributed by atoms with Crippen molar-refractivity contribution in [3.05, 3.63) is 63.1 Å². The first-order chi connectivity index (χ1) is 11.0. The molecular weight excluding hydrogens is 361 g/mol. The van der Waals surface area contributed by atoms with Gasteiger partial charge in [-0.15, -0.1) is 0 Å². The van der Waals surface area contributed by atoms with E-state index in [1.54, 1.807) is 42.5 Å². The van der Waals surface area contributed by atoms with Crippen molar-refractivity contribution in [1.29, 1.82) is 0 Å². The summed E-state index contributed by atoms with van der Waals surface area (Å²) in [5.41, 5.74) is 0.747. The quantitative estimate of drug-likeness (QED) is 0.305. The minimum absolute atomic E-state index is 0.0169. The van der Waals surface area contributed by atoms with Crippen molar-refractivity contribution in [2.75, 3.05) is 0 Å². The minimum Gasteiger partial charge on any atom is -0.426 e. The Labute approximate surface area is 148 Å². The van der Waals surface area contributed by atoms with Gasteiger partial charge < -0.3 is 9.57 Å². The van der Waals surface area contributed by atoms with Crippen LogP contribution in [-0.4, -0.2) is 12.2 Å². The van der Waals surface area contributed by atoms with Crippen molar-refractivity contribution < 1.29 is 14.4 Å². The van der Waals surface area contributed by atoms with Gasteiger partial charge in [0, 0.05) is 20.6 Å². The van der Waals surface area contributed by atoms with Crippen molar-refractivity contribution in [1.82, 2.24) is 0 Å². The molecular formula is C16H12Cl3NO3. The van der Waals surface area contributed by atoms with Gasteiger partial charge in [-0.3, -0.25) is 4.79 Å². The predicted molar refractivity (Wildman–Crippen MR) is 91.4 cm³/mol. The fourth-order valence-corrected chi connectivity index (χ4v) is 2.17. The molecule has 2 rings (SSSR count). The van der Waals surface area contributed by atoms with Gasteiger partial charge in [0.15, 0.2) is 0 Å². The number of hydrogen-bond donors (Lipinski definition) is 0. The molecule has 0 aliphatic heterocycles. The third-order valence-corrected chi connectivity index (χ3v) is 3.53. The van der Waals surface area contributed by atoms with Gasteiger partial charge in [0.05, 0.1) is 12.6 Å². The van der Waals surface area contributed by atoms with E-state index in [1.807, 2.05) is 0 Å². The normalized spacial score (nSPS) is 10.7. The lowest BCUT2D eigenvalue weighted by atomic mass is 10.2. The fourth-order valence-electron chi connectivity index (χ4n) is 1.59. The molecule has 0 fully saturated rings. The number of hydrogen-bond acceptors (Lipinski definition) is 4. The lowest BCUT2D eigenvalue weighted by Gasteiger charge is -2.03. The van der Waals surface area contributed by atoms with Gasteiger partial charge in [-0.2, -0.15) is 0 Å². The van der Waals surface area contributed by atoms with E-state index in [9.17, 15) is 4.79 Å². The van der Waals surface area contributed by atoms with Gasteiger partial charge in [-0.05, 0) is 36.4 Å². The molecule has 0 radical (unpaired) electrons. The van der Waals surface area contributed by atoms with Crippen LogP contribution in [0.1, 0.15) is 12.0 Å². The molecule has 0 atom stereocenters. The van der Waals surface area contributed by atoms with Gasteiger partial charge in [0.25, 0.3) is 0 Å². The summed E-state index contributed by atoms with van der Waals surface area (Å²) in [6.07, 6.45) is 1.30. The second-order valence-electron chi connectivity index (χ2n) is 4.43. The van der Waals surface area contributed by atoms with Gasteiger partial charge in [-0.1, -0.05) is 46.0 Å². The Morgan fingerprint density at radius 2 is 1.74 bits per heavy atom. The van der Waals surface area contributed by atoms with Crippen LogP contribution in [-0.2, 0) is 16.2 Å². The van der Waals surface area contributed by atoms with Gasteiger partial charge in [0.1, 0.15) is 12.4 Å². The molecule has 120 valence electrons. The van der Waals surface area contributed by atoms with Crippen LogP contribution in [0.5, 0.6) is 5.75 Å². The van der Waals surface area contributed by atoms with Crippen LogP contribution in [0.2, 0.25) is 15.1 Å². The molecule has 0 N–H and O–H groups in total. The highest BCUT2D eigenvalue weighted by atomic mass is 35.5. The maximum Gasteiger partial charge on any atom is 0.316 e. The standard InChI is InChI=1S/C16H12Cl3NO3/c17-12-3-5-14(6-4-12)23-16(21)7-8-20-22-10-11-1-2-13(18)9-15(11)19/h1-6,8-9H,7,10H2. The van der Waals surface area contributed by atoms with Crippen molar-refractivity contribution in [2.24, 2.45) is 5.16 Å². The summed E-state index contributed by atoms with van der Waals surface area (Å²) in [5.74, 6) is -0.0362. The first-order valence-electron chi connectivity index (χ1n) is 6.58. The van der Waals surface area contributed by atoms with E-state index in [2.05, 4.69) is 5.16 Å². The highest BCUT2D eigenvalue weighted by Gasteiger charge is 2.04. The third kappa shape index (κ3) is 6.10. The molecule has 0 saturated carbocycles. The minimum atomic E-state index is -0.454. The molecule has 0 aliphatic rings. The average molecular weight is 373 g/mol. The maximum absolute atomic E-state index is 11.6. The number of halogens is 3. The molecule has 23 heavy (non-hydrogen) atoms. The van der Waals surface area contributed by atoms with Gasteiger partial charge in [0.2, 0.25) is 0 Å². The largest absolute Gasteiger partial charge is 0.426 e. The van der Waals surface area contributed by atoms with E-state index in [1.165, 1.54) is 6.21 Å². The lowest BCUT2D eigenvalue weighted by molar-refractivity contribution is -0.132. The van der Waals surface area contributed by atoms with Crippen LogP contribution < -0.4 is 4.74 Å². The van der Waals surface area contributed by atoms with Crippen molar-refractivity contribution >= 4 is 47.0 Å². The highest BCUT2D eigenvalue weighted by Crippen LogP contribution is 2.21. The summed E-state index contributed by atoms with van der Waals surface area (Å²) >= 11 is 17.5. The Morgan fingerprint density at radius 3 is 2.43 bits per heavy atom. The van der Waals surface area contributed by atoms with E-state index >= 15 is 0 Å². The summed E-state index contributed by atoms with van der Waals surface area (Å²) in [4.78, 5) is 16.7. The summed E-state index contributed by atoms with van der Waals surface area (Å²) in [6.45, 7) is 0.179. The summed E-state index contributed by atoms with van der Waals surface area (Å²) < 4.78 is 5.09. The van der Waals surface area contributed by atoms with Crippen LogP contribution in [0.4, 0.5) is 0 Å². The van der Waals surface area contributed by atoms with Crippen LogP contribution in [0.3, 0.4) is 0 Å². The number of benzene rings is 2. The second kappa shape index (κ2) is 8.77. The number of carbonyl (C=O) groups is 1. The molecule has 0 amide bonds. The van der Waals surface area contributed by atoms with Gasteiger partial charge >= 0.3 is 5.97 Å². The number of nitrogens with zero attached hydrogens (tertiary/aromatic N) is 1. The third-order valence-electron chi connectivity index (χ3n) is 2.69. The molecule has 2 aromatic rings. The van der Waals surface area contributed by atoms with E-state index in [-0.39, 0.29) is 13.0 Å². The van der Waals surface area contributed by atoms with E-state index < -0.39 is 5.97 Å². The Morgan fingerprint density at radius 1 is 1.04 bits per heavy atom. The van der Waals surface area contributed by atoms with Crippen molar-refractivity contribution in [2.45, 2.75) is 13.0 Å². The summed E-state index contributed by atoms with van der Waals surface area (Å²) in [5, 5.41) is 5.30. The Balaban J connectivity index is 1.73. The molecule has 0 aromatic heterocycles. The molecule has 0 saturated heterocycles. The van der Waals surface area contributed by atoms with E-state index in [4.69, 9.17) is 44.4 Å². The fraction of sp³-hybridized carbons (Fsp3) is 0.125. The molecule has 0 spiro atoms.